The highest BCUT2D eigenvalue weighted by molar-refractivity contribution is 5.96. The maximum absolute atomic E-state index is 6.23. The van der Waals surface area contributed by atoms with E-state index in [1.807, 2.05) is 18.2 Å². The minimum Gasteiger partial charge on any atom is -0.396 e. The molecule has 0 aliphatic rings. The molecule has 3 N–H and O–H groups in total. The van der Waals surface area contributed by atoms with E-state index in [1.54, 1.807) is 6.20 Å². The SMILES string of the molecule is CCCC[C@H](Cc1ccccc1)Nc1c(N)cnc2ccccc12. The number of hydrogen-bond acceptors (Lipinski definition) is 3. The molecule has 0 amide bonds. The summed E-state index contributed by atoms with van der Waals surface area (Å²) >= 11 is 0. The van der Waals surface area contributed by atoms with Crippen LogP contribution < -0.4 is 11.1 Å². The van der Waals surface area contributed by atoms with Gasteiger partial charge in [-0.3, -0.25) is 4.98 Å². The van der Waals surface area contributed by atoms with Crippen LogP contribution in [0.4, 0.5) is 11.4 Å². The largest absolute Gasteiger partial charge is 0.396 e. The Labute approximate surface area is 143 Å². The van der Waals surface area contributed by atoms with Gasteiger partial charge in [-0.2, -0.15) is 0 Å². The van der Waals surface area contributed by atoms with Crippen LogP contribution in [0.1, 0.15) is 31.7 Å². The number of nitrogens with one attached hydrogen (secondary N) is 1. The van der Waals surface area contributed by atoms with Gasteiger partial charge in [0, 0.05) is 11.4 Å². The molecule has 3 rings (SSSR count). The Morgan fingerprint density at radius 3 is 2.58 bits per heavy atom. The van der Waals surface area contributed by atoms with Gasteiger partial charge in [-0.15, -0.1) is 0 Å². The van der Waals surface area contributed by atoms with Crippen LogP contribution in [0.5, 0.6) is 0 Å². The molecule has 0 aliphatic carbocycles. The Morgan fingerprint density at radius 1 is 1.04 bits per heavy atom. The van der Waals surface area contributed by atoms with E-state index >= 15 is 0 Å². The normalized spacial score (nSPS) is 12.2. The molecule has 1 atom stereocenters. The van der Waals surface area contributed by atoms with E-state index in [0.717, 1.165) is 29.4 Å². The zero-order chi connectivity index (χ0) is 16.8. The standard InChI is InChI=1S/C21H25N3/c1-2-3-11-17(14-16-9-5-4-6-10-16)24-21-18-12-7-8-13-20(18)23-15-19(21)22/h4-10,12-13,15,17H,2-3,11,14,22H2,1H3,(H,23,24)/t17-/m1/s1. The fraction of sp³-hybridized carbons (Fsp3) is 0.286. The fourth-order valence-corrected chi connectivity index (χ4v) is 3.10. The molecule has 0 bridgehead atoms. The number of rotatable bonds is 7. The predicted octanol–water partition coefficient (Wildman–Crippen LogP) is 5.03. The third-order valence-corrected chi connectivity index (χ3v) is 4.38. The van der Waals surface area contributed by atoms with Gasteiger partial charge >= 0.3 is 0 Å². The summed E-state index contributed by atoms with van der Waals surface area (Å²) in [5, 5.41) is 4.80. The molecule has 3 heteroatoms. The summed E-state index contributed by atoms with van der Waals surface area (Å²) in [4.78, 5) is 4.43. The van der Waals surface area contributed by atoms with Crippen LogP contribution in [0.3, 0.4) is 0 Å². The number of nitrogens with zero attached hydrogens (tertiary/aromatic N) is 1. The second kappa shape index (κ2) is 7.82. The highest BCUT2D eigenvalue weighted by atomic mass is 14.9. The van der Waals surface area contributed by atoms with Gasteiger partial charge in [0.05, 0.1) is 23.1 Å². The van der Waals surface area contributed by atoms with E-state index in [-0.39, 0.29) is 0 Å². The van der Waals surface area contributed by atoms with Crippen molar-refractivity contribution < 1.29 is 0 Å². The van der Waals surface area contributed by atoms with E-state index < -0.39 is 0 Å². The van der Waals surface area contributed by atoms with Gasteiger partial charge in [0.1, 0.15) is 0 Å². The summed E-state index contributed by atoms with van der Waals surface area (Å²) in [5.41, 5.74) is 10.3. The molecule has 1 heterocycles. The Morgan fingerprint density at radius 2 is 1.79 bits per heavy atom. The quantitative estimate of drug-likeness (QED) is 0.642. The number of fused-ring (bicyclic) bond motifs is 1. The summed E-state index contributed by atoms with van der Waals surface area (Å²) in [6, 6.07) is 19.2. The van der Waals surface area contributed by atoms with Gasteiger partial charge in [-0.05, 0) is 24.5 Å². The molecular weight excluding hydrogens is 294 g/mol. The Kier molecular flexibility index (Phi) is 5.32. The maximum Gasteiger partial charge on any atom is 0.0743 e. The number of hydrogen-bond donors (Lipinski definition) is 2. The molecule has 0 aliphatic heterocycles. The van der Waals surface area contributed by atoms with Gasteiger partial charge in [-0.1, -0.05) is 68.3 Å². The molecule has 0 saturated heterocycles. The number of nitrogens with two attached hydrogens (primary N) is 1. The topological polar surface area (TPSA) is 50.9 Å². The lowest BCUT2D eigenvalue weighted by atomic mass is 10.00. The van der Waals surface area contributed by atoms with Gasteiger partial charge < -0.3 is 11.1 Å². The number of anilines is 2. The predicted molar refractivity (Wildman–Crippen MR) is 103 cm³/mol. The zero-order valence-electron chi connectivity index (χ0n) is 14.2. The second-order valence-corrected chi connectivity index (χ2v) is 6.28. The molecule has 0 unspecified atom stereocenters. The number of pyridine rings is 1. The summed E-state index contributed by atoms with van der Waals surface area (Å²) in [7, 11) is 0. The molecule has 0 fully saturated rings. The van der Waals surface area contributed by atoms with Crippen LogP contribution in [0.25, 0.3) is 10.9 Å². The van der Waals surface area contributed by atoms with Gasteiger partial charge in [0.15, 0.2) is 0 Å². The first-order valence-electron chi connectivity index (χ1n) is 8.71. The van der Waals surface area contributed by atoms with E-state index in [2.05, 4.69) is 53.6 Å². The molecule has 124 valence electrons. The van der Waals surface area contributed by atoms with Crippen molar-refractivity contribution >= 4 is 22.3 Å². The highest BCUT2D eigenvalue weighted by Gasteiger charge is 2.13. The molecule has 0 radical (unpaired) electrons. The Balaban J connectivity index is 1.88. The number of para-hydroxylation sites is 1. The fourth-order valence-electron chi connectivity index (χ4n) is 3.10. The third kappa shape index (κ3) is 3.85. The van der Waals surface area contributed by atoms with Crippen molar-refractivity contribution in [3.8, 4) is 0 Å². The van der Waals surface area contributed by atoms with Crippen LogP contribution in [0, 0.1) is 0 Å². The van der Waals surface area contributed by atoms with Crippen molar-refractivity contribution in [3.63, 3.8) is 0 Å². The van der Waals surface area contributed by atoms with Crippen molar-refractivity contribution in [1.82, 2.24) is 4.98 Å². The number of benzene rings is 2. The lowest BCUT2D eigenvalue weighted by molar-refractivity contribution is 0.605. The van der Waals surface area contributed by atoms with Crippen LogP contribution >= 0.6 is 0 Å². The first-order valence-corrected chi connectivity index (χ1v) is 8.71. The van der Waals surface area contributed by atoms with Crippen molar-refractivity contribution in [2.24, 2.45) is 0 Å². The minimum absolute atomic E-state index is 0.362. The van der Waals surface area contributed by atoms with Crippen LogP contribution in [-0.2, 0) is 6.42 Å². The molecule has 24 heavy (non-hydrogen) atoms. The molecule has 3 nitrogen and oxygen atoms in total. The third-order valence-electron chi connectivity index (χ3n) is 4.38. The Hall–Kier alpha value is -2.55. The summed E-state index contributed by atoms with van der Waals surface area (Å²) in [6.07, 6.45) is 6.27. The van der Waals surface area contributed by atoms with Crippen molar-refractivity contribution in [2.75, 3.05) is 11.1 Å². The highest BCUT2D eigenvalue weighted by Crippen LogP contribution is 2.29. The number of aromatic nitrogens is 1. The smallest absolute Gasteiger partial charge is 0.0743 e. The van der Waals surface area contributed by atoms with Gasteiger partial charge in [-0.25, -0.2) is 0 Å². The zero-order valence-corrected chi connectivity index (χ0v) is 14.2. The molecule has 0 spiro atoms. The summed E-state index contributed by atoms with van der Waals surface area (Å²) in [6.45, 7) is 2.23. The monoisotopic (exact) mass is 319 g/mol. The van der Waals surface area contributed by atoms with E-state index in [1.165, 1.54) is 18.4 Å². The van der Waals surface area contributed by atoms with E-state index in [0.29, 0.717) is 11.7 Å². The number of nitrogen functional groups attached to an aromatic ring is 1. The average Bonchev–Trinajstić information content (AvgIpc) is 2.63. The van der Waals surface area contributed by atoms with E-state index in [9.17, 15) is 0 Å². The van der Waals surface area contributed by atoms with Crippen molar-refractivity contribution in [1.29, 1.82) is 0 Å². The summed E-state index contributed by atoms with van der Waals surface area (Å²) < 4.78 is 0. The Bertz CT molecular complexity index is 783. The van der Waals surface area contributed by atoms with Crippen molar-refractivity contribution in [3.05, 3.63) is 66.4 Å². The maximum atomic E-state index is 6.23. The molecule has 3 aromatic rings. The van der Waals surface area contributed by atoms with Crippen LogP contribution in [0.15, 0.2) is 60.8 Å². The molecule has 1 aromatic heterocycles. The first kappa shape index (κ1) is 16.3. The molecule has 0 saturated carbocycles. The van der Waals surface area contributed by atoms with E-state index in [4.69, 9.17) is 5.73 Å². The average molecular weight is 319 g/mol. The lowest BCUT2D eigenvalue weighted by Gasteiger charge is -2.22. The second-order valence-electron chi connectivity index (χ2n) is 6.28. The lowest BCUT2D eigenvalue weighted by Crippen LogP contribution is -2.23. The van der Waals surface area contributed by atoms with Gasteiger partial charge in [0.2, 0.25) is 0 Å². The van der Waals surface area contributed by atoms with Gasteiger partial charge in [0.25, 0.3) is 0 Å². The molecular formula is C21H25N3. The van der Waals surface area contributed by atoms with Crippen LogP contribution in [-0.4, -0.2) is 11.0 Å². The number of unbranched alkanes of at least 4 members (excludes halogenated alkanes) is 1. The van der Waals surface area contributed by atoms with Crippen LogP contribution in [0.2, 0.25) is 0 Å². The molecule has 2 aromatic carbocycles. The van der Waals surface area contributed by atoms with Crippen molar-refractivity contribution in [2.45, 2.75) is 38.6 Å². The first-order chi connectivity index (χ1) is 11.8. The summed E-state index contributed by atoms with van der Waals surface area (Å²) in [5.74, 6) is 0. The minimum atomic E-state index is 0.362.